The maximum Gasteiger partial charge on any atom is 0.309 e. The summed E-state index contributed by atoms with van der Waals surface area (Å²) in [6, 6.07) is 6.15. The summed E-state index contributed by atoms with van der Waals surface area (Å²) < 4.78 is 24.8. The molecule has 1 aromatic rings. The number of hydrogen-bond donors (Lipinski definition) is 2. The topological polar surface area (TPSA) is 66.4 Å². The van der Waals surface area contributed by atoms with Crippen LogP contribution in [0.15, 0.2) is 29.2 Å². The first-order valence-corrected chi connectivity index (χ1v) is 6.67. The van der Waals surface area contributed by atoms with Crippen LogP contribution in [0.4, 0.5) is 14.5 Å². The molecule has 2 N–H and O–H groups in total. The molecule has 0 saturated carbocycles. The fraction of sp³-hybridized carbons (Fsp3) is 0.385. The van der Waals surface area contributed by atoms with Gasteiger partial charge in [-0.3, -0.25) is 9.59 Å². The molecule has 0 heterocycles. The zero-order chi connectivity index (χ0) is 15.3. The smallest absolute Gasteiger partial charge is 0.309 e. The lowest BCUT2D eigenvalue weighted by molar-refractivity contribution is -0.148. The molecule has 0 saturated heterocycles. The van der Waals surface area contributed by atoms with Crippen molar-refractivity contribution in [2.75, 3.05) is 5.32 Å². The summed E-state index contributed by atoms with van der Waals surface area (Å²) in [5.41, 5.74) is -0.960. The minimum atomic E-state index is -2.59. The van der Waals surface area contributed by atoms with Crippen LogP contribution in [0, 0.1) is 5.41 Å². The highest BCUT2D eigenvalue weighted by Crippen LogP contribution is 2.32. The molecule has 0 unspecified atom stereocenters. The van der Waals surface area contributed by atoms with Crippen LogP contribution < -0.4 is 5.32 Å². The zero-order valence-electron chi connectivity index (χ0n) is 11.0. The number of thioether (sulfide) groups is 1. The van der Waals surface area contributed by atoms with Gasteiger partial charge in [0.1, 0.15) is 0 Å². The number of carboxylic acid groups (broad SMARTS) is 1. The lowest BCUT2D eigenvalue weighted by Crippen LogP contribution is -2.29. The first-order valence-electron chi connectivity index (χ1n) is 5.79. The quantitative estimate of drug-likeness (QED) is 0.790. The third-order valence-electron chi connectivity index (χ3n) is 2.56. The van der Waals surface area contributed by atoms with Crippen molar-refractivity contribution in [1.82, 2.24) is 0 Å². The molecule has 0 aromatic heterocycles. The highest BCUT2D eigenvalue weighted by molar-refractivity contribution is 7.99. The summed E-state index contributed by atoms with van der Waals surface area (Å²) in [4.78, 5) is 23.0. The van der Waals surface area contributed by atoms with E-state index < -0.39 is 23.0 Å². The first kappa shape index (κ1) is 16.4. The van der Waals surface area contributed by atoms with Gasteiger partial charge in [0.25, 0.3) is 5.76 Å². The highest BCUT2D eigenvalue weighted by Gasteiger charge is 2.30. The lowest BCUT2D eigenvalue weighted by atomic mass is 9.89. The number of anilines is 1. The normalized spacial score (nSPS) is 11.4. The second-order valence-electron chi connectivity index (χ2n) is 4.79. The fourth-order valence-corrected chi connectivity index (χ4v) is 2.04. The summed E-state index contributed by atoms with van der Waals surface area (Å²) in [6.45, 7) is 2.85. The third kappa shape index (κ3) is 4.80. The minimum Gasteiger partial charge on any atom is -0.481 e. The summed E-state index contributed by atoms with van der Waals surface area (Å²) in [7, 11) is 0. The molecule has 0 aliphatic rings. The van der Waals surface area contributed by atoms with Crippen LogP contribution in [-0.2, 0) is 9.59 Å². The van der Waals surface area contributed by atoms with Gasteiger partial charge in [-0.15, -0.1) is 0 Å². The summed E-state index contributed by atoms with van der Waals surface area (Å²) >= 11 is 0.327. The Kier molecular flexibility index (Phi) is 5.50. The maximum absolute atomic E-state index is 12.4. The molecule has 0 spiro atoms. The van der Waals surface area contributed by atoms with Crippen LogP contribution in [0.5, 0.6) is 0 Å². The molecule has 1 rings (SSSR count). The summed E-state index contributed by atoms with van der Waals surface area (Å²) in [5, 5.41) is 11.4. The van der Waals surface area contributed by atoms with Gasteiger partial charge in [0.05, 0.1) is 11.1 Å². The van der Waals surface area contributed by atoms with E-state index in [2.05, 4.69) is 5.32 Å². The van der Waals surface area contributed by atoms with Crippen molar-refractivity contribution in [2.45, 2.75) is 30.9 Å². The fourth-order valence-electron chi connectivity index (χ4n) is 1.44. The number of halogens is 2. The van der Waals surface area contributed by atoms with E-state index in [4.69, 9.17) is 5.11 Å². The Hall–Kier alpha value is -1.63. The maximum atomic E-state index is 12.4. The highest BCUT2D eigenvalue weighted by atomic mass is 32.2. The van der Waals surface area contributed by atoms with Crippen molar-refractivity contribution in [3.63, 3.8) is 0 Å². The number of amides is 1. The Morgan fingerprint density at radius 1 is 1.35 bits per heavy atom. The van der Waals surface area contributed by atoms with E-state index in [1.54, 1.807) is 12.1 Å². The molecular formula is C13H15F2NO3S. The van der Waals surface area contributed by atoms with Crippen molar-refractivity contribution < 1.29 is 23.5 Å². The first-order chi connectivity index (χ1) is 9.22. The second kappa shape index (κ2) is 6.69. The summed E-state index contributed by atoms with van der Waals surface area (Å²) in [5.74, 6) is -4.22. The van der Waals surface area contributed by atoms with Crippen LogP contribution in [0.25, 0.3) is 0 Å². The van der Waals surface area contributed by atoms with Gasteiger partial charge in [0, 0.05) is 11.3 Å². The molecule has 0 aliphatic carbocycles. The molecular weight excluding hydrogens is 288 g/mol. The standard InChI is InChI=1S/C13H15F2NO3S/c1-13(2,11(18)19)7-10(17)16-8-5-3-4-6-9(8)20-12(14)15/h3-6,12H,7H2,1-2H3,(H,16,17)(H,18,19). The molecule has 0 bridgehead atoms. The van der Waals surface area contributed by atoms with Gasteiger partial charge in [-0.25, -0.2) is 0 Å². The third-order valence-corrected chi connectivity index (χ3v) is 3.35. The minimum absolute atomic E-state index is 0.240. The van der Waals surface area contributed by atoms with E-state index in [1.165, 1.54) is 26.0 Å². The van der Waals surface area contributed by atoms with Crippen LogP contribution in [-0.4, -0.2) is 22.7 Å². The Labute approximate surface area is 119 Å². The zero-order valence-corrected chi connectivity index (χ0v) is 11.8. The van der Waals surface area contributed by atoms with Crippen LogP contribution in [0.3, 0.4) is 0 Å². The van der Waals surface area contributed by atoms with Crippen LogP contribution in [0.2, 0.25) is 0 Å². The molecule has 0 fully saturated rings. The Morgan fingerprint density at radius 2 is 1.95 bits per heavy atom. The van der Waals surface area contributed by atoms with E-state index in [-0.39, 0.29) is 17.0 Å². The monoisotopic (exact) mass is 303 g/mol. The average molecular weight is 303 g/mol. The van der Waals surface area contributed by atoms with Crippen molar-refractivity contribution in [2.24, 2.45) is 5.41 Å². The number of carboxylic acids is 1. The van der Waals surface area contributed by atoms with Gasteiger partial charge in [-0.2, -0.15) is 8.78 Å². The molecule has 7 heteroatoms. The molecule has 0 radical (unpaired) electrons. The van der Waals surface area contributed by atoms with Crippen molar-refractivity contribution in [3.8, 4) is 0 Å². The predicted molar refractivity (Wildman–Crippen MR) is 73.0 cm³/mol. The molecule has 0 aliphatic heterocycles. The average Bonchev–Trinajstić information content (AvgIpc) is 2.30. The molecule has 1 amide bonds. The number of aliphatic carboxylic acids is 1. The van der Waals surface area contributed by atoms with Gasteiger partial charge in [0.15, 0.2) is 0 Å². The van der Waals surface area contributed by atoms with Crippen molar-refractivity contribution in [3.05, 3.63) is 24.3 Å². The number of rotatable bonds is 6. The number of nitrogens with one attached hydrogen (secondary N) is 1. The van der Waals surface area contributed by atoms with E-state index >= 15 is 0 Å². The number of carbonyl (C=O) groups excluding carboxylic acids is 1. The molecule has 4 nitrogen and oxygen atoms in total. The molecule has 20 heavy (non-hydrogen) atoms. The van der Waals surface area contributed by atoms with Crippen LogP contribution in [0.1, 0.15) is 20.3 Å². The largest absolute Gasteiger partial charge is 0.481 e. The number of para-hydroxylation sites is 1. The predicted octanol–water partition coefficient (Wildman–Crippen LogP) is 3.44. The Bertz CT molecular complexity index is 506. The number of hydrogen-bond acceptors (Lipinski definition) is 3. The molecule has 110 valence electrons. The van der Waals surface area contributed by atoms with Gasteiger partial charge in [-0.1, -0.05) is 23.9 Å². The Balaban J connectivity index is 2.78. The van der Waals surface area contributed by atoms with Crippen molar-refractivity contribution >= 4 is 29.3 Å². The van der Waals surface area contributed by atoms with Gasteiger partial charge >= 0.3 is 5.97 Å². The van der Waals surface area contributed by atoms with Crippen molar-refractivity contribution in [1.29, 1.82) is 0 Å². The molecule has 0 atom stereocenters. The SMILES string of the molecule is CC(C)(CC(=O)Nc1ccccc1SC(F)F)C(=O)O. The molecule has 1 aromatic carbocycles. The van der Waals surface area contributed by atoms with Crippen LogP contribution >= 0.6 is 11.8 Å². The summed E-state index contributed by atoms with van der Waals surface area (Å²) in [6.07, 6.45) is -0.240. The van der Waals surface area contributed by atoms with Gasteiger partial charge in [0.2, 0.25) is 5.91 Å². The number of benzene rings is 1. The van der Waals surface area contributed by atoms with E-state index in [0.29, 0.717) is 11.8 Å². The van der Waals surface area contributed by atoms with E-state index in [1.807, 2.05) is 0 Å². The van der Waals surface area contributed by atoms with E-state index in [9.17, 15) is 18.4 Å². The number of carbonyl (C=O) groups is 2. The van der Waals surface area contributed by atoms with Gasteiger partial charge in [-0.05, 0) is 26.0 Å². The lowest BCUT2D eigenvalue weighted by Gasteiger charge is -2.18. The number of alkyl halides is 2. The van der Waals surface area contributed by atoms with E-state index in [0.717, 1.165) is 0 Å². The second-order valence-corrected chi connectivity index (χ2v) is 5.82. The Morgan fingerprint density at radius 3 is 2.50 bits per heavy atom. The van der Waals surface area contributed by atoms with Gasteiger partial charge < -0.3 is 10.4 Å².